The molecule has 1 fully saturated rings. The minimum absolute atomic E-state index is 0. The smallest absolute Gasteiger partial charge is 0.220 e. The summed E-state index contributed by atoms with van der Waals surface area (Å²) in [5.41, 5.74) is 0. The molecule has 0 aliphatic carbocycles. The summed E-state index contributed by atoms with van der Waals surface area (Å²) < 4.78 is 0. The van der Waals surface area contributed by atoms with Crippen LogP contribution in [0.25, 0.3) is 0 Å². The number of hydrogen-bond donors (Lipinski definition) is 2. The molecule has 0 saturated carbocycles. The Bertz CT molecular complexity index is 397. The Labute approximate surface area is 138 Å². The van der Waals surface area contributed by atoms with Crippen LogP contribution >= 0.6 is 23.7 Å². The molecule has 0 aromatic carbocycles. The van der Waals surface area contributed by atoms with Gasteiger partial charge in [0.05, 0.1) is 0 Å². The summed E-state index contributed by atoms with van der Waals surface area (Å²) in [5.74, 6) is 0.820. The topological polar surface area (TPSA) is 41.1 Å². The summed E-state index contributed by atoms with van der Waals surface area (Å²) in [6.07, 6.45) is 6.33. The molecular formula is C16H27ClN2OS. The molecule has 3 nitrogen and oxygen atoms in total. The number of hydrogen-bond acceptors (Lipinski definition) is 3. The molecule has 1 aromatic heterocycles. The number of thiophene rings is 1. The highest BCUT2D eigenvalue weighted by molar-refractivity contribution is 7.09. The van der Waals surface area contributed by atoms with E-state index in [4.69, 9.17) is 0 Å². The van der Waals surface area contributed by atoms with Gasteiger partial charge in [-0.3, -0.25) is 4.79 Å². The molecule has 0 radical (unpaired) electrons. The minimum Gasteiger partial charge on any atom is -0.352 e. The molecule has 5 heteroatoms. The van der Waals surface area contributed by atoms with Crippen molar-refractivity contribution >= 4 is 29.7 Å². The molecule has 0 spiro atoms. The first-order valence-corrected chi connectivity index (χ1v) is 8.66. The lowest BCUT2D eigenvalue weighted by molar-refractivity contribution is -0.122. The number of rotatable bonds is 7. The number of carbonyl (C=O) groups excluding carboxylic acids is 1. The van der Waals surface area contributed by atoms with Gasteiger partial charge in [-0.05, 0) is 49.6 Å². The Kier molecular flexibility index (Phi) is 8.97. The molecule has 1 saturated heterocycles. The fraction of sp³-hybridized carbons (Fsp3) is 0.688. The monoisotopic (exact) mass is 330 g/mol. The van der Waals surface area contributed by atoms with Crippen LogP contribution in [0, 0.1) is 5.92 Å². The molecule has 0 bridgehead atoms. The number of nitrogens with one attached hydrogen (secondary N) is 2. The van der Waals surface area contributed by atoms with Crippen molar-refractivity contribution in [3.8, 4) is 0 Å². The van der Waals surface area contributed by atoms with Crippen molar-refractivity contribution in [2.24, 2.45) is 5.92 Å². The quantitative estimate of drug-likeness (QED) is 0.752. The van der Waals surface area contributed by atoms with Crippen molar-refractivity contribution in [1.82, 2.24) is 10.6 Å². The molecule has 1 aliphatic rings. The van der Waals surface area contributed by atoms with Gasteiger partial charge in [0.1, 0.15) is 0 Å². The van der Waals surface area contributed by atoms with Crippen LogP contribution in [-0.4, -0.2) is 25.0 Å². The SMILES string of the molecule is CC1CCNCC1NC(=O)CCCCCc1cccs1.Cl. The second kappa shape index (κ2) is 10.2. The van der Waals surface area contributed by atoms with Gasteiger partial charge in [-0.25, -0.2) is 0 Å². The largest absolute Gasteiger partial charge is 0.352 e. The van der Waals surface area contributed by atoms with Crippen LogP contribution in [0.4, 0.5) is 0 Å². The number of aryl methyl sites for hydroxylation is 1. The summed E-state index contributed by atoms with van der Waals surface area (Å²) >= 11 is 1.82. The Hall–Kier alpha value is -0.580. The van der Waals surface area contributed by atoms with E-state index < -0.39 is 0 Å². The van der Waals surface area contributed by atoms with Gasteiger partial charge in [0, 0.05) is 23.9 Å². The molecule has 2 unspecified atom stereocenters. The predicted octanol–water partition coefficient (Wildman–Crippen LogP) is 3.39. The number of carbonyl (C=O) groups is 1. The molecule has 2 rings (SSSR count). The van der Waals surface area contributed by atoms with E-state index in [0.29, 0.717) is 18.4 Å². The summed E-state index contributed by atoms with van der Waals surface area (Å²) in [4.78, 5) is 13.4. The first-order valence-electron chi connectivity index (χ1n) is 7.78. The molecule has 2 atom stereocenters. The van der Waals surface area contributed by atoms with Crippen molar-refractivity contribution < 1.29 is 4.79 Å². The maximum Gasteiger partial charge on any atom is 0.220 e. The van der Waals surface area contributed by atoms with Gasteiger partial charge in [0.2, 0.25) is 5.91 Å². The van der Waals surface area contributed by atoms with E-state index in [2.05, 4.69) is 35.1 Å². The molecule has 2 heterocycles. The Balaban J connectivity index is 0.00000220. The maximum atomic E-state index is 11.9. The highest BCUT2D eigenvalue weighted by Gasteiger charge is 2.22. The predicted molar refractivity (Wildman–Crippen MR) is 92.3 cm³/mol. The first-order chi connectivity index (χ1) is 9.75. The van der Waals surface area contributed by atoms with Gasteiger partial charge in [-0.2, -0.15) is 0 Å². The average molecular weight is 331 g/mol. The van der Waals surface area contributed by atoms with Gasteiger partial charge in [-0.1, -0.05) is 19.4 Å². The van der Waals surface area contributed by atoms with Crippen LogP contribution in [0.1, 0.15) is 43.9 Å². The number of unbranched alkanes of at least 4 members (excludes halogenated alkanes) is 2. The fourth-order valence-electron chi connectivity index (χ4n) is 2.68. The highest BCUT2D eigenvalue weighted by Crippen LogP contribution is 2.14. The van der Waals surface area contributed by atoms with E-state index in [9.17, 15) is 4.79 Å². The number of piperidine rings is 1. The average Bonchev–Trinajstić information content (AvgIpc) is 2.94. The zero-order valence-corrected chi connectivity index (χ0v) is 14.4. The summed E-state index contributed by atoms with van der Waals surface area (Å²) in [6.45, 7) is 4.23. The van der Waals surface area contributed by atoms with E-state index in [1.54, 1.807) is 0 Å². The Morgan fingerprint density at radius 2 is 2.29 bits per heavy atom. The summed E-state index contributed by atoms with van der Waals surface area (Å²) in [7, 11) is 0. The second-order valence-electron chi connectivity index (χ2n) is 5.78. The van der Waals surface area contributed by atoms with Crippen LogP contribution in [0.5, 0.6) is 0 Å². The lowest BCUT2D eigenvalue weighted by Crippen LogP contribution is -2.50. The van der Waals surface area contributed by atoms with E-state index >= 15 is 0 Å². The zero-order chi connectivity index (χ0) is 14.2. The third-order valence-electron chi connectivity index (χ3n) is 4.08. The van der Waals surface area contributed by atoms with Crippen LogP contribution in [0.15, 0.2) is 17.5 Å². The van der Waals surface area contributed by atoms with Crippen LogP contribution in [-0.2, 0) is 11.2 Å². The molecule has 120 valence electrons. The van der Waals surface area contributed by atoms with E-state index in [1.807, 2.05) is 11.3 Å². The van der Waals surface area contributed by atoms with Gasteiger partial charge in [0.15, 0.2) is 0 Å². The lowest BCUT2D eigenvalue weighted by atomic mass is 9.94. The zero-order valence-electron chi connectivity index (χ0n) is 12.8. The Morgan fingerprint density at radius 1 is 1.43 bits per heavy atom. The van der Waals surface area contributed by atoms with Crippen molar-refractivity contribution in [2.75, 3.05) is 13.1 Å². The van der Waals surface area contributed by atoms with Crippen molar-refractivity contribution in [2.45, 2.75) is 51.5 Å². The van der Waals surface area contributed by atoms with Gasteiger partial charge < -0.3 is 10.6 Å². The lowest BCUT2D eigenvalue weighted by Gasteiger charge is -2.30. The first kappa shape index (κ1) is 18.5. The Morgan fingerprint density at radius 3 is 3.00 bits per heavy atom. The van der Waals surface area contributed by atoms with E-state index in [-0.39, 0.29) is 18.3 Å². The number of halogens is 1. The molecule has 1 amide bonds. The number of amides is 1. The van der Waals surface area contributed by atoms with Crippen LogP contribution in [0.3, 0.4) is 0 Å². The van der Waals surface area contributed by atoms with E-state index in [0.717, 1.165) is 38.8 Å². The summed E-state index contributed by atoms with van der Waals surface area (Å²) in [6, 6.07) is 4.61. The normalized spacial score (nSPS) is 21.6. The van der Waals surface area contributed by atoms with Crippen LogP contribution < -0.4 is 10.6 Å². The van der Waals surface area contributed by atoms with Gasteiger partial charge in [0.25, 0.3) is 0 Å². The van der Waals surface area contributed by atoms with Gasteiger partial charge >= 0.3 is 0 Å². The standard InChI is InChI=1S/C16H26N2OS.ClH/c1-13-9-10-17-12-15(13)18-16(19)8-4-2-3-6-14-7-5-11-20-14;/h5,7,11,13,15,17H,2-4,6,8-10,12H2,1H3,(H,18,19);1H. The fourth-order valence-corrected chi connectivity index (χ4v) is 3.43. The molecule has 1 aliphatic heterocycles. The third kappa shape index (κ3) is 6.81. The van der Waals surface area contributed by atoms with Crippen molar-refractivity contribution in [1.29, 1.82) is 0 Å². The van der Waals surface area contributed by atoms with Crippen molar-refractivity contribution in [3.63, 3.8) is 0 Å². The van der Waals surface area contributed by atoms with E-state index in [1.165, 1.54) is 11.3 Å². The molecule has 1 aromatic rings. The van der Waals surface area contributed by atoms with Crippen LogP contribution in [0.2, 0.25) is 0 Å². The molecule has 21 heavy (non-hydrogen) atoms. The summed E-state index contributed by atoms with van der Waals surface area (Å²) in [5, 5.41) is 8.65. The minimum atomic E-state index is 0. The van der Waals surface area contributed by atoms with Crippen molar-refractivity contribution in [3.05, 3.63) is 22.4 Å². The molecule has 2 N–H and O–H groups in total. The molecular weight excluding hydrogens is 304 g/mol. The van der Waals surface area contributed by atoms with Gasteiger partial charge in [-0.15, -0.1) is 23.7 Å². The highest BCUT2D eigenvalue weighted by atomic mass is 35.5. The second-order valence-corrected chi connectivity index (χ2v) is 6.82. The third-order valence-corrected chi connectivity index (χ3v) is 5.02. The maximum absolute atomic E-state index is 11.9.